The number of H-pyrrole nitrogens is 1. The van der Waals surface area contributed by atoms with Gasteiger partial charge in [0.25, 0.3) is 10.0 Å². The Morgan fingerprint density at radius 1 is 1.42 bits per heavy atom. The van der Waals surface area contributed by atoms with Crippen LogP contribution in [0.15, 0.2) is 35.5 Å². The standard InChI is InChI=1S/C11H11ClFN3O2S/c1-16(19(17,18)11-5-6-14-15-11)7-8-9(12)3-2-4-10(8)13/h2-6H,7H2,1H3,(H,14,15). The third-order valence-electron chi connectivity index (χ3n) is 2.61. The van der Waals surface area contributed by atoms with Gasteiger partial charge in [0.1, 0.15) is 5.82 Å². The van der Waals surface area contributed by atoms with E-state index in [9.17, 15) is 12.8 Å². The van der Waals surface area contributed by atoms with Crippen molar-refractivity contribution in [3.05, 3.63) is 46.9 Å². The van der Waals surface area contributed by atoms with Gasteiger partial charge in [-0.25, -0.2) is 12.8 Å². The summed E-state index contributed by atoms with van der Waals surface area (Å²) in [6.07, 6.45) is 1.33. The first kappa shape index (κ1) is 14.0. The fourth-order valence-electron chi connectivity index (χ4n) is 1.55. The molecule has 0 aliphatic carbocycles. The summed E-state index contributed by atoms with van der Waals surface area (Å²) in [6.45, 7) is -0.160. The van der Waals surface area contributed by atoms with Gasteiger partial charge in [-0.2, -0.15) is 9.40 Å². The number of sulfonamides is 1. The molecule has 2 aromatic rings. The van der Waals surface area contributed by atoms with E-state index in [0.29, 0.717) is 0 Å². The predicted octanol–water partition coefficient (Wildman–Crippen LogP) is 2.02. The molecule has 0 aliphatic rings. The van der Waals surface area contributed by atoms with Gasteiger partial charge in [-0.05, 0) is 18.2 Å². The Balaban J connectivity index is 2.30. The van der Waals surface area contributed by atoms with Gasteiger partial charge >= 0.3 is 0 Å². The molecule has 0 saturated carbocycles. The van der Waals surface area contributed by atoms with Gasteiger partial charge in [0.2, 0.25) is 0 Å². The second kappa shape index (κ2) is 5.28. The monoisotopic (exact) mass is 303 g/mol. The molecule has 1 heterocycles. The lowest BCUT2D eigenvalue weighted by Gasteiger charge is -2.17. The van der Waals surface area contributed by atoms with Crippen molar-refractivity contribution in [2.24, 2.45) is 0 Å². The molecule has 1 aromatic heterocycles. The third-order valence-corrected chi connectivity index (χ3v) is 4.69. The van der Waals surface area contributed by atoms with E-state index in [0.717, 1.165) is 4.31 Å². The van der Waals surface area contributed by atoms with Crippen molar-refractivity contribution in [2.75, 3.05) is 7.05 Å². The van der Waals surface area contributed by atoms with Crippen LogP contribution in [-0.4, -0.2) is 30.0 Å². The van der Waals surface area contributed by atoms with E-state index in [1.54, 1.807) is 0 Å². The van der Waals surface area contributed by atoms with E-state index in [2.05, 4.69) is 10.2 Å². The molecular weight excluding hydrogens is 293 g/mol. The van der Waals surface area contributed by atoms with E-state index in [4.69, 9.17) is 11.6 Å². The molecule has 0 fully saturated rings. The third kappa shape index (κ3) is 2.78. The van der Waals surface area contributed by atoms with Crippen LogP contribution in [0.3, 0.4) is 0 Å². The molecule has 0 spiro atoms. The van der Waals surface area contributed by atoms with Crippen molar-refractivity contribution in [3.8, 4) is 0 Å². The molecule has 102 valence electrons. The zero-order valence-corrected chi connectivity index (χ0v) is 11.5. The summed E-state index contributed by atoms with van der Waals surface area (Å²) < 4.78 is 38.8. The topological polar surface area (TPSA) is 66.1 Å². The van der Waals surface area contributed by atoms with Gasteiger partial charge in [-0.3, -0.25) is 5.10 Å². The molecule has 8 heteroatoms. The maximum atomic E-state index is 13.6. The number of benzene rings is 1. The van der Waals surface area contributed by atoms with Crippen molar-refractivity contribution in [2.45, 2.75) is 11.6 Å². The highest BCUT2D eigenvalue weighted by Crippen LogP contribution is 2.22. The van der Waals surface area contributed by atoms with E-state index in [1.807, 2.05) is 0 Å². The maximum Gasteiger partial charge on any atom is 0.260 e. The molecule has 0 aliphatic heterocycles. The van der Waals surface area contributed by atoms with Crippen LogP contribution in [0.2, 0.25) is 5.02 Å². The first-order valence-electron chi connectivity index (χ1n) is 5.31. The van der Waals surface area contributed by atoms with E-state index >= 15 is 0 Å². The number of hydrogen-bond acceptors (Lipinski definition) is 3. The normalized spacial score (nSPS) is 12.0. The molecule has 0 amide bonds. The quantitative estimate of drug-likeness (QED) is 0.939. The Kier molecular flexibility index (Phi) is 3.88. The largest absolute Gasteiger partial charge is 0.266 e. The fourth-order valence-corrected chi connectivity index (χ4v) is 2.80. The lowest BCUT2D eigenvalue weighted by Crippen LogP contribution is -2.27. The van der Waals surface area contributed by atoms with Crippen molar-refractivity contribution >= 4 is 21.6 Å². The van der Waals surface area contributed by atoms with Gasteiger partial charge in [0.15, 0.2) is 5.03 Å². The zero-order valence-electron chi connectivity index (χ0n) is 9.97. The Labute approximate surface area is 115 Å². The summed E-state index contributed by atoms with van der Waals surface area (Å²) in [5.41, 5.74) is 0.134. The number of aromatic nitrogens is 2. The zero-order chi connectivity index (χ0) is 14.0. The van der Waals surface area contributed by atoms with Crippen LogP contribution in [0.4, 0.5) is 4.39 Å². The van der Waals surface area contributed by atoms with Gasteiger partial charge in [0, 0.05) is 24.2 Å². The van der Waals surface area contributed by atoms with Gasteiger partial charge in [-0.15, -0.1) is 0 Å². The van der Waals surface area contributed by atoms with E-state index in [1.165, 1.54) is 37.5 Å². The van der Waals surface area contributed by atoms with Crippen LogP contribution in [-0.2, 0) is 16.6 Å². The highest BCUT2D eigenvalue weighted by atomic mass is 35.5. The summed E-state index contributed by atoms with van der Waals surface area (Å²) in [6, 6.07) is 5.54. The van der Waals surface area contributed by atoms with E-state index in [-0.39, 0.29) is 22.2 Å². The highest BCUT2D eigenvalue weighted by molar-refractivity contribution is 7.89. The van der Waals surface area contributed by atoms with Crippen molar-refractivity contribution < 1.29 is 12.8 Å². The second-order valence-corrected chi connectivity index (χ2v) is 6.30. The molecule has 0 radical (unpaired) electrons. The minimum atomic E-state index is -3.74. The fraction of sp³-hybridized carbons (Fsp3) is 0.182. The molecule has 2 rings (SSSR count). The number of aromatic amines is 1. The Morgan fingerprint density at radius 3 is 2.74 bits per heavy atom. The van der Waals surface area contributed by atoms with Crippen molar-refractivity contribution in [3.63, 3.8) is 0 Å². The number of rotatable bonds is 4. The van der Waals surface area contributed by atoms with Crippen LogP contribution in [0.1, 0.15) is 5.56 Å². The number of halogens is 2. The first-order valence-corrected chi connectivity index (χ1v) is 7.13. The van der Waals surface area contributed by atoms with Crippen LogP contribution < -0.4 is 0 Å². The minimum Gasteiger partial charge on any atom is -0.266 e. The van der Waals surface area contributed by atoms with Gasteiger partial charge < -0.3 is 0 Å². The lowest BCUT2D eigenvalue weighted by atomic mass is 10.2. The highest BCUT2D eigenvalue weighted by Gasteiger charge is 2.23. The minimum absolute atomic E-state index is 0.0533. The molecule has 19 heavy (non-hydrogen) atoms. The molecular formula is C11H11ClFN3O2S. The number of hydrogen-bond donors (Lipinski definition) is 1. The SMILES string of the molecule is CN(Cc1c(F)cccc1Cl)S(=O)(=O)c1ccn[nH]1. The molecule has 1 aromatic carbocycles. The Morgan fingerprint density at radius 2 is 2.16 bits per heavy atom. The Hall–Kier alpha value is -1.44. The summed E-state index contributed by atoms with van der Waals surface area (Å²) in [7, 11) is -2.39. The molecule has 0 saturated heterocycles. The predicted molar refractivity (Wildman–Crippen MR) is 68.7 cm³/mol. The number of nitrogens with one attached hydrogen (secondary N) is 1. The smallest absolute Gasteiger partial charge is 0.260 e. The van der Waals surface area contributed by atoms with Crippen molar-refractivity contribution in [1.29, 1.82) is 0 Å². The molecule has 0 unspecified atom stereocenters. The average molecular weight is 304 g/mol. The van der Waals surface area contributed by atoms with Crippen LogP contribution >= 0.6 is 11.6 Å². The molecule has 0 bridgehead atoms. The molecule has 5 nitrogen and oxygen atoms in total. The molecule has 1 N–H and O–H groups in total. The lowest BCUT2D eigenvalue weighted by molar-refractivity contribution is 0.454. The van der Waals surface area contributed by atoms with Gasteiger partial charge in [-0.1, -0.05) is 17.7 Å². The summed E-state index contributed by atoms with van der Waals surface area (Å²) in [5.74, 6) is -0.542. The molecule has 0 atom stereocenters. The van der Waals surface area contributed by atoms with E-state index < -0.39 is 15.8 Å². The average Bonchev–Trinajstić information content (AvgIpc) is 2.88. The Bertz CT molecular complexity index is 653. The van der Waals surface area contributed by atoms with Gasteiger partial charge in [0.05, 0.1) is 6.20 Å². The summed E-state index contributed by atoms with van der Waals surface area (Å²) >= 11 is 5.87. The number of nitrogens with zero attached hydrogens (tertiary/aromatic N) is 2. The van der Waals surface area contributed by atoms with Crippen molar-refractivity contribution in [1.82, 2.24) is 14.5 Å². The maximum absolute atomic E-state index is 13.6. The van der Waals surface area contributed by atoms with Crippen LogP contribution in [0.25, 0.3) is 0 Å². The summed E-state index contributed by atoms with van der Waals surface area (Å²) in [4.78, 5) is 0. The van der Waals surface area contributed by atoms with Crippen LogP contribution in [0, 0.1) is 5.82 Å². The summed E-state index contributed by atoms with van der Waals surface area (Å²) in [5, 5.41) is 6.08. The van der Waals surface area contributed by atoms with Crippen LogP contribution in [0.5, 0.6) is 0 Å². The first-order chi connectivity index (χ1) is 8.93. The second-order valence-electron chi connectivity index (χ2n) is 3.88.